The fourth-order valence-corrected chi connectivity index (χ4v) is 3.42. The van der Waals surface area contributed by atoms with Crippen LogP contribution in [0.25, 0.3) is 10.9 Å². The van der Waals surface area contributed by atoms with Gasteiger partial charge in [-0.05, 0) is 37.6 Å². The maximum Gasteiger partial charge on any atom is 0.128 e. The zero-order chi connectivity index (χ0) is 14.8. The summed E-state index contributed by atoms with van der Waals surface area (Å²) in [5.41, 5.74) is 10.7. The van der Waals surface area contributed by atoms with Crippen molar-refractivity contribution in [3.63, 3.8) is 0 Å². The molecule has 1 aromatic heterocycles. The number of nitrogens with two attached hydrogens (primary N) is 1. The molecule has 0 radical (unpaired) electrons. The summed E-state index contributed by atoms with van der Waals surface area (Å²) in [6, 6.07) is 16.8. The number of aryl methyl sites for hydroxylation is 2. The highest BCUT2D eigenvalue weighted by Crippen LogP contribution is 2.29. The number of anilines is 1. The number of pyridine rings is 1. The van der Waals surface area contributed by atoms with E-state index in [-0.39, 0.29) is 0 Å². The second-order valence-electron chi connectivity index (χ2n) is 5.28. The van der Waals surface area contributed by atoms with Crippen molar-refractivity contribution in [2.75, 3.05) is 5.73 Å². The van der Waals surface area contributed by atoms with E-state index in [1.807, 2.05) is 30.0 Å². The predicted octanol–water partition coefficient (Wildman–Crippen LogP) is 4.73. The highest BCUT2D eigenvalue weighted by molar-refractivity contribution is 7.98. The third-order valence-corrected chi connectivity index (χ3v) is 4.77. The number of nitrogen functional groups attached to an aromatic ring is 1. The summed E-state index contributed by atoms with van der Waals surface area (Å²) in [6.45, 7) is 4.26. The Bertz CT molecular complexity index is 796. The molecule has 3 rings (SSSR count). The van der Waals surface area contributed by atoms with Gasteiger partial charge in [0, 0.05) is 21.6 Å². The number of rotatable bonds is 3. The van der Waals surface area contributed by atoms with Crippen LogP contribution in [-0.4, -0.2) is 4.98 Å². The second-order valence-corrected chi connectivity index (χ2v) is 6.30. The van der Waals surface area contributed by atoms with Gasteiger partial charge in [0.05, 0.1) is 5.52 Å². The van der Waals surface area contributed by atoms with E-state index in [0.717, 1.165) is 22.2 Å². The third-order valence-electron chi connectivity index (χ3n) is 3.56. The number of para-hydroxylation sites is 1. The molecule has 0 spiro atoms. The zero-order valence-electron chi connectivity index (χ0n) is 12.3. The van der Waals surface area contributed by atoms with E-state index in [4.69, 9.17) is 5.73 Å². The van der Waals surface area contributed by atoms with Crippen LogP contribution in [0, 0.1) is 13.8 Å². The van der Waals surface area contributed by atoms with Crippen molar-refractivity contribution in [1.82, 2.24) is 4.98 Å². The van der Waals surface area contributed by atoms with Crippen molar-refractivity contribution in [2.45, 2.75) is 24.5 Å². The van der Waals surface area contributed by atoms with E-state index < -0.39 is 0 Å². The SMILES string of the molecule is Cc1ccc(C)c(SCc2cc3ccccc3nc2N)c1. The smallest absolute Gasteiger partial charge is 0.128 e. The molecule has 0 atom stereocenters. The number of thioether (sulfide) groups is 1. The largest absolute Gasteiger partial charge is 0.383 e. The first-order valence-corrected chi connectivity index (χ1v) is 7.96. The normalized spacial score (nSPS) is 11.0. The summed E-state index contributed by atoms with van der Waals surface area (Å²) in [5.74, 6) is 1.47. The molecule has 1 heterocycles. The van der Waals surface area contributed by atoms with E-state index >= 15 is 0 Å². The van der Waals surface area contributed by atoms with Gasteiger partial charge in [0.15, 0.2) is 0 Å². The van der Waals surface area contributed by atoms with Crippen molar-refractivity contribution >= 4 is 28.5 Å². The maximum atomic E-state index is 6.09. The average Bonchev–Trinajstić information content (AvgIpc) is 2.48. The molecule has 0 unspecified atom stereocenters. The van der Waals surface area contributed by atoms with Gasteiger partial charge in [-0.1, -0.05) is 35.9 Å². The summed E-state index contributed by atoms with van der Waals surface area (Å²) >= 11 is 1.82. The van der Waals surface area contributed by atoms with E-state index in [9.17, 15) is 0 Å². The Balaban J connectivity index is 1.88. The van der Waals surface area contributed by atoms with E-state index in [1.165, 1.54) is 16.0 Å². The third kappa shape index (κ3) is 3.03. The standard InChI is InChI=1S/C18H18N2S/c1-12-7-8-13(2)17(9-12)21-11-15-10-14-5-3-4-6-16(14)20-18(15)19/h3-10H,11H2,1-2H3,(H2,19,20). The molecule has 21 heavy (non-hydrogen) atoms. The lowest BCUT2D eigenvalue weighted by Crippen LogP contribution is -1.97. The van der Waals surface area contributed by atoms with E-state index in [1.54, 1.807) is 0 Å². The van der Waals surface area contributed by atoms with Crippen molar-refractivity contribution in [2.24, 2.45) is 0 Å². The molecule has 0 saturated carbocycles. The van der Waals surface area contributed by atoms with Gasteiger partial charge in [0.1, 0.15) is 5.82 Å². The summed E-state index contributed by atoms with van der Waals surface area (Å²) in [4.78, 5) is 5.80. The number of nitrogens with zero attached hydrogens (tertiary/aromatic N) is 1. The Morgan fingerprint density at radius 2 is 1.86 bits per heavy atom. The topological polar surface area (TPSA) is 38.9 Å². The molecule has 106 valence electrons. The van der Waals surface area contributed by atoms with Gasteiger partial charge in [0.25, 0.3) is 0 Å². The van der Waals surface area contributed by atoms with Crippen LogP contribution in [0.3, 0.4) is 0 Å². The first-order chi connectivity index (χ1) is 10.1. The molecule has 0 fully saturated rings. The molecule has 0 aliphatic rings. The Morgan fingerprint density at radius 3 is 2.71 bits per heavy atom. The molecule has 0 aliphatic carbocycles. The minimum absolute atomic E-state index is 0.631. The lowest BCUT2D eigenvalue weighted by molar-refractivity contribution is 1.25. The lowest BCUT2D eigenvalue weighted by atomic mass is 10.1. The zero-order valence-corrected chi connectivity index (χ0v) is 13.1. The fraction of sp³-hybridized carbons (Fsp3) is 0.167. The molecule has 2 N–H and O–H groups in total. The Kier molecular flexibility index (Phi) is 3.84. The van der Waals surface area contributed by atoms with Gasteiger partial charge in [-0.2, -0.15) is 0 Å². The number of aromatic nitrogens is 1. The number of hydrogen-bond donors (Lipinski definition) is 1. The molecule has 2 aromatic carbocycles. The van der Waals surface area contributed by atoms with Gasteiger partial charge in [-0.25, -0.2) is 4.98 Å². The summed E-state index contributed by atoms with van der Waals surface area (Å²) in [6.07, 6.45) is 0. The van der Waals surface area contributed by atoms with Crippen molar-refractivity contribution < 1.29 is 0 Å². The Hall–Kier alpha value is -2.00. The monoisotopic (exact) mass is 294 g/mol. The molecule has 0 saturated heterocycles. The first-order valence-electron chi connectivity index (χ1n) is 6.97. The van der Waals surface area contributed by atoms with Crippen LogP contribution in [-0.2, 0) is 5.75 Å². The molecule has 0 bridgehead atoms. The summed E-state index contributed by atoms with van der Waals surface area (Å²) in [5, 5.41) is 1.14. The van der Waals surface area contributed by atoms with Gasteiger partial charge >= 0.3 is 0 Å². The van der Waals surface area contributed by atoms with Crippen molar-refractivity contribution in [1.29, 1.82) is 0 Å². The minimum atomic E-state index is 0.631. The second kappa shape index (κ2) is 5.78. The molecular formula is C18H18N2S. The van der Waals surface area contributed by atoms with Crippen LogP contribution in [0.5, 0.6) is 0 Å². The van der Waals surface area contributed by atoms with Crippen molar-refractivity contribution in [3.8, 4) is 0 Å². The molecule has 3 aromatic rings. The summed E-state index contributed by atoms with van der Waals surface area (Å²) in [7, 11) is 0. The van der Waals surface area contributed by atoms with Gasteiger partial charge in [0.2, 0.25) is 0 Å². The molecule has 0 aliphatic heterocycles. The lowest BCUT2D eigenvalue weighted by Gasteiger charge is -2.09. The van der Waals surface area contributed by atoms with Crippen LogP contribution in [0.15, 0.2) is 53.4 Å². The van der Waals surface area contributed by atoms with E-state index in [2.05, 4.69) is 49.2 Å². The quantitative estimate of drug-likeness (QED) is 0.710. The highest BCUT2D eigenvalue weighted by atomic mass is 32.2. The molecule has 2 nitrogen and oxygen atoms in total. The van der Waals surface area contributed by atoms with E-state index in [0.29, 0.717) is 5.82 Å². The summed E-state index contributed by atoms with van der Waals surface area (Å²) < 4.78 is 0. The Morgan fingerprint density at radius 1 is 1.05 bits per heavy atom. The highest BCUT2D eigenvalue weighted by Gasteiger charge is 2.06. The van der Waals surface area contributed by atoms with Crippen LogP contribution in [0.1, 0.15) is 16.7 Å². The molecule has 3 heteroatoms. The first kappa shape index (κ1) is 14.0. The predicted molar refractivity (Wildman–Crippen MR) is 91.6 cm³/mol. The van der Waals surface area contributed by atoms with Crippen molar-refractivity contribution in [3.05, 3.63) is 65.2 Å². The van der Waals surface area contributed by atoms with Crippen LogP contribution in [0.2, 0.25) is 0 Å². The average molecular weight is 294 g/mol. The number of fused-ring (bicyclic) bond motifs is 1. The number of benzene rings is 2. The number of hydrogen-bond acceptors (Lipinski definition) is 3. The minimum Gasteiger partial charge on any atom is -0.383 e. The molecular weight excluding hydrogens is 276 g/mol. The molecule has 0 amide bonds. The van der Waals surface area contributed by atoms with Gasteiger partial charge < -0.3 is 5.73 Å². The van der Waals surface area contributed by atoms with Crippen LogP contribution in [0.4, 0.5) is 5.82 Å². The Labute approximate surface area is 129 Å². The fourth-order valence-electron chi connectivity index (χ4n) is 2.31. The maximum absolute atomic E-state index is 6.09. The van der Waals surface area contributed by atoms with Crippen LogP contribution >= 0.6 is 11.8 Å². The van der Waals surface area contributed by atoms with Gasteiger partial charge in [-0.3, -0.25) is 0 Å². The van der Waals surface area contributed by atoms with Crippen LogP contribution < -0.4 is 5.73 Å². The van der Waals surface area contributed by atoms with Gasteiger partial charge in [-0.15, -0.1) is 11.8 Å².